The molecule has 1 atom stereocenters. The first-order valence-corrected chi connectivity index (χ1v) is 9.57. The zero-order chi connectivity index (χ0) is 17.9. The maximum Gasteiger partial charge on any atom is 0.242 e. The number of likely N-dealkylation sites (N-methyl/N-ethyl adjacent to an activating group) is 1. The maximum absolute atomic E-state index is 12.8. The van der Waals surface area contributed by atoms with Crippen LogP contribution in [0.15, 0.2) is 59.5 Å². The minimum atomic E-state index is -3.78. The van der Waals surface area contributed by atoms with Gasteiger partial charge in [0, 0.05) is 7.05 Å². The van der Waals surface area contributed by atoms with Crippen LogP contribution >= 0.6 is 0 Å². The van der Waals surface area contributed by atoms with Gasteiger partial charge in [-0.05, 0) is 35.6 Å². The average molecular weight is 356 g/mol. The second-order valence-corrected chi connectivity index (χ2v) is 7.66. The number of sulfonamides is 1. The average Bonchev–Trinajstić information content (AvgIpc) is 2.66. The first kappa shape index (κ1) is 17.4. The summed E-state index contributed by atoms with van der Waals surface area (Å²) in [6, 6.07) is 15.6. The van der Waals surface area contributed by atoms with Gasteiger partial charge in [-0.25, -0.2) is 8.42 Å². The van der Waals surface area contributed by atoms with Crippen LogP contribution in [0, 0.1) is 0 Å². The third-order valence-electron chi connectivity index (χ3n) is 4.27. The number of rotatable bonds is 5. The molecule has 2 N–H and O–H groups in total. The van der Waals surface area contributed by atoms with Gasteiger partial charge in [0.15, 0.2) is 0 Å². The molecule has 1 aliphatic carbocycles. The summed E-state index contributed by atoms with van der Waals surface area (Å²) in [6.07, 6.45) is 2.77. The molecular formula is C19H20N2O3S. The van der Waals surface area contributed by atoms with Crippen LogP contribution in [-0.2, 0) is 21.2 Å². The molecule has 0 aromatic heterocycles. The van der Waals surface area contributed by atoms with Crippen molar-refractivity contribution in [2.75, 3.05) is 7.05 Å². The summed E-state index contributed by atoms with van der Waals surface area (Å²) in [5.74, 6) is -0.397. The molecule has 0 fully saturated rings. The van der Waals surface area contributed by atoms with E-state index in [9.17, 15) is 13.2 Å². The lowest BCUT2D eigenvalue weighted by atomic mass is 9.98. The third kappa shape index (κ3) is 3.81. The molecule has 1 unspecified atom stereocenters. The van der Waals surface area contributed by atoms with Crippen LogP contribution in [0.1, 0.15) is 29.2 Å². The van der Waals surface area contributed by atoms with Crippen LogP contribution in [0.5, 0.6) is 0 Å². The van der Waals surface area contributed by atoms with Crippen molar-refractivity contribution in [3.8, 4) is 0 Å². The molecule has 5 nitrogen and oxygen atoms in total. The van der Waals surface area contributed by atoms with Crippen molar-refractivity contribution in [1.82, 2.24) is 10.0 Å². The van der Waals surface area contributed by atoms with Crippen molar-refractivity contribution < 1.29 is 13.2 Å². The standard InChI is InChI=1S/C19H20N2O3S/c1-20-19(22)18(15-8-3-2-4-9-15)21-25(23,24)17-12-11-14-7-5-6-10-16(14)13-17/h2-10,13,18,21H,11-12H2,1H3,(H,20,22). The topological polar surface area (TPSA) is 75.3 Å². The Morgan fingerprint density at radius 1 is 1.00 bits per heavy atom. The Morgan fingerprint density at radius 3 is 2.40 bits per heavy atom. The van der Waals surface area contributed by atoms with E-state index < -0.39 is 22.0 Å². The van der Waals surface area contributed by atoms with Crippen molar-refractivity contribution in [2.45, 2.75) is 18.9 Å². The Balaban J connectivity index is 1.92. The monoisotopic (exact) mass is 356 g/mol. The number of hydrogen-bond donors (Lipinski definition) is 2. The van der Waals surface area contributed by atoms with E-state index in [1.165, 1.54) is 7.05 Å². The van der Waals surface area contributed by atoms with Gasteiger partial charge in [0.2, 0.25) is 15.9 Å². The van der Waals surface area contributed by atoms with Gasteiger partial charge in [0.05, 0.1) is 4.91 Å². The van der Waals surface area contributed by atoms with Crippen LogP contribution in [-0.4, -0.2) is 21.4 Å². The van der Waals surface area contributed by atoms with E-state index in [0.717, 1.165) is 11.1 Å². The smallest absolute Gasteiger partial charge is 0.242 e. The predicted octanol–water partition coefficient (Wildman–Crippen LogP) is 2.38. The minimum Gasteiger partial charge on any atom is -0.357 e. The zero-order valence-electron chi connectivity index (χ0n) is 13.9. The van der Waals surface area contributed by atoms with Crippen LogP contribution in [0.3, 0.4) is 0 Å². The van der Waals surface area contributed by atoms with Gasteiger partial charge in [-0.3, -0.25) is 4.79 Å². The lowest BCUT2D eigenvalue weighted by Gasteiger charge is -2.21. The number of carbonyl (C=O) groups excluding carboxylic acids is 1. The van der Waals surface area contributed by atoms with Gasteiger partial charge >= 0.3 is 0 Å². The van der Waals surface area contributed by atoms with E-state index in [-0.39, 0.29) is 0 Å². The normalized spacial score (nSPS) is 15.0. The van der Waals surface area contributed by atoms with Gasteiger partial charge in [-0.15, -0.1) is 0 Å². The molecule has 0 saturated heterocycles. The second kappa shape index (κ2) is 7.21. The summed E-state index contributed by atoms with van der Waals surface area (Å²) in [5, 5.41) is 2.52. The Morgan fingerprint density at radius 2 is 1.68 bits per heavy atom. The van der Waals surface area contributed by atoms with Crippen molar-refractivity contribution in [2.24, 2.45) is 0 Å². The van der Waals surface area contributed by atoms with E-state index in [4.69, 9.17) is 0 Å². The number of carbonyl (C=O) groups is 1. The quantitative estimate of drug-likeness (QED) is 0.864. The highest BCUT2D eigenvalue weighted by molar-refractivity contribution is 7.93. The molecule has 2 aromatic carbocycles. The van der Waals surface area contributed by atoms with Crippen molar-refractivity contribution in [3.63, 3.8) is 0 Å². The zero-order valence-corrected chi connectivity index (χ0v) is 14.7. The summed E-state index contributed by atoms with van der Waals surface area (Å²) in [7, 11) is -2.29. The second-order valence-electron chi connectivity index (χ2n) is 5.89. The molecule has 0 saturated carbocycles. The van der Waals surface area contributed by atoms with Crippen molar-refractivity contribution >= 4 is 22.0 Å². The van der Waals surface area contributed by atoms with E-state index in [1.54, 1.807) is 30.3 Å². The number of allylic oxidation sites excluding steroid dienone is 1. The van der Waals surface area contributed by atoms with Crippen LogP contribution < -0.4 is 10.0 Å². The molecule has 0 spiro atoms. The van der Waals surface area contributed by atoms with Gasteiger partial charge < -0.3 is 5.32 Å². The lowest BCUT2D eigenvalue weighted by molar-refractivity contribution is -0.122. The summed E-state index contributed by atoms with van der Waals surface area (Å²) in [6.45, 7) is 0. The number of benzene rings is 2. The molecular weight excluding hydrogens is 336 g/mol. The largest absolute Gasteiger partial charge is 0.357 e. The first-order chi connectivity index (χ1) is 12.0. The van der Waals surface area contributed by atoms with Crippen LogP contribution in [0.25, 0.3) is 6.08 Å². The molecule has 3 rings (SSSR count). The fourth-order valence-electron chi connectivity index (χ4n) is 2.91. The van der Waals surface area contributed by atoms with E-state index in [0.29, 0.717) is 23.3 Å². The molecule has 1 aliphatic rings. The highest BCUT2D eigenvalue weighted by Gasteiger charge is 2.29. The molecule has 130 valence electrons. The number of nitrogens with one attached hydrogen (secondary N) is 2. The summed E-state index contributed by atoms with van der Waals surface area (Å²) >= 11 is 0. The van der Waals surface area contributed by atoms with Gasteiger partial charge in [-0.1, -0.05) is 54.6 Å². The molecule has 1 amide bonds. The van der Waals surface area contributed by atoms with Gasteiger partial charge in [0.25, 0.3) is 0 Å². The number of fused-ring (bicyclic) bond motifs is 1. The highest BCUT2D eigenvalue weighted by Crippen LogP contribution is 2.27. The maximum atomic E-state index is 12.8. The first-order valence-electron chi connectivity index (χ1n) is 8.08. The van der Waals surface area contributed by atoms with Crippen LogP contribution in [0.4, 0.5) is 0 Å². The minimum absolute atomic E-state index is 0.302. The molecule has 25 heavy (non-hydrogen) atoms. The van der Waals surface area contributed by atoms with Crippen molar-refractivity contribution in [3.05, 3.63) is 76.2 Å². The molecule has 0 aliphatic heterocycles. The predicted molar refractivity (Wildman–Crippen MR) is 98.0 cm³/mol. The fraction of sp³-hybridized carbons (Fsp3) is 0.211. The molecule has 2 aromatic rings. The van der Waals surface area contributed by atoms with Gasteiger partial charge in [0.1, 0.15) is 6.04 Å². The Hall–Kier alpha value is -2.44. The summed E-state index contributed by atoms with van der Waals surface area (Å²) < 4.78 is 28.2. The summed E-state index contributed by atoms with van der Waals surface area (Å²) in [5.41, 5.74) is 2.64. The summed E-state index contributed by atoms with van der Waals surface area (Å²) in [4.78, 5) is 12.5. The van der Waals surface area contributed by atoms with E-state index in [2.05, 4.69) is 10.0 Å². The molecule has 0 radical (unpaired) electrons. The number of aryl methyl sites for hydroxylation is 1. The third-order valence-corrected chi connectivity index (χ3v) is 5.83. The molecule has 0 bridgehead atoms. The fourth-order valence-corrected chi connectivity index (χ4v) is 4.27. The van der Waals surface area contributed by atoms with Crippen molar-refractivity contribution in [1.29, 1.82) is 0 Å². The Kier molecular flexibility index (Phi) is 5.01. The molecule has 6 heteroatoms. The van der Waals surface area contributed by atoms with E-state index in [1.807, 2.05) is 30.3 Å². The number of hydrogen-bond acceptors (Lipinski definition) is 3. The molecule has 0 heterocycles. The highest BCUT2D eigenvalue weighted by atomic mass is 32.2. The lowest BCUT2D eigenvalue weighted by Crippen LogP contribution is -2.39. The van der Waals surface area contributed by atoms with Gasteiger partial charge in [-0.2, -0.15) is 4.72 Å². The van der Waals surface area contributed by atoms with E-state index >= 15 is 0 Å². The Labute approximate surface area is 147 Å². The number of amides is 1. The SMILES string of the molecule is CNC(=O)C(NS(=O)(=O)C1=Cc2ccccc2CC1)c1ccccc1. The Bertz CT molecular complexity index is 905. The van der Waals surface area contributed by atoms with Crippen LogP contribution in [0.2, 0.25) is 0 Å².